The number of anilines is 1. The molecule has 1 aromatic carbocycles. The number of carbonyl (C=O) groups is 2. The molecule has 0 aliphatic carbocycles. The average molecular weight is 267 g/mol. The van der Waals surface area contributed by atoms with Crippen LogP contribution in [0.4, 0.5) is 10.5 Å². The molecule has 0 radical (unpaired) electrons. The number of amides is 3. The first-order chi connectivity index (χ1) is 8.63. The number of hydrogen-bond donors (Lipinski definition) is 3. The van der Waals surface area contributed by atoms with Gasteiger partial charge in [-0.1, -0.05) is 18.2 Å². The van der Waals surface area contributed by atoms with Crippen molar-refractivity contribution in [3.8, 4) is 0 Å². The second-order valence-electron chi connectivity index (χ2n) is 3.70. The lowest BCUT2D eigenvalue weighted by molar-refractivity contribution is -0.117. The van der Waals surface area contributed by atoms with E-state index in [-0.39, 0.29) is 5.91 Å². The van der Waals surface area contributed by atoms with Crippen molar-refractivity contribution in [3.05, 3.63) is 30.3 Å². The van der Waals surface area contributed by atoms with Gasteiger partial charge < -0.3 is 16.4 Å². The van der Waals surface area contributed by atoms with Crippen LogP contribution in [-0.4, -0.2) is 30.0 Å². The molecule has 3 amide bonds. The number of thioether (sulfide) groups is 1. The first-order valence-corrected chi connectivity index (χ1v) is 6.93. The highest BCUT2D eigenvalue weighted by Gasteiger charge is 2.19. The number of nitrogens with two attached hydrogens (primary N) is 1. The largest absolute Gasteiger partial charge is 0.352 e. The van der Waals surface area contributed by atoms with Crippen molar-refractivity contribution >= 4 is 29.4 Å². The molecule has 6 heteroatoms. The zero-order valence-electron chi connectivity index (χ0n) is 10.2. The number of rotatable bonds is 6. The third-order valence-electron chi connectivity index (χ3n) is 2.28. The minimum absolute atomic E-state index is 0.256. The summed E-state index contributed by atoms with van der Waals surface area (Å²) in [4.78, 5) is 22.8. The van der Waals surface area contributed by atoms with Gasteiger partial charge in [-0.3, -0.25) is 4.79 Å². The summed E-state index contributed by atoms with van der Waals surface area (Å²) in [6.45, 7) is 0. The van der Waals surface area contributed by atoms with E-state index in [1.54, 1.807) is 23.9 Å². The minimum atomic E-state index is -0.690. The Hall–Kier alpha value is -1.69. The predicted octanol–water partition coefficient (Wildman–Crippen LogP) is 1.42. The number of urea groups is 1. The Labute approximate surface area is 111 Å². The van der Waals surface area contributed by atoms with Gasteiger partial charge in [-0.15, -0.1) is 0 Å². The molecule has 0 heterocycles. The fraction of sp³-hybridized carbons (Fsp3) is 0.333. The number of carbonyl (C=O) groups excluding carboxylic acids is 2. The molecule has 0 saturated carbocycles. The maximum atomic E-state index is 12.0. The molecule has 1 rings (SSSR count). The van der Waals surface area contributed by atoms with Gasteiger partial charge in [0.2, 0.25) is 5.91 Å². The Balaban J connectivity index is 2.60. The van der Waals surface area contributed by atoms with Gasteiger partial charge in [0, 0.05) is 5.69 Å². The fourth-order valence-corrected chi connectivity index (χ4v) is 1.90. The number of hydrogen-bond acceptors (Lipinski definition) is 3. The van der Waals surface area contributed by atoms with Gasteiger partial charge in [0.25, 0.3) is 0 Å². The van der Waals surface area contributed by atoms with Crippen LogP contribution in [0.3, 0.4) is 0 Å². The van der Waals surface area contributed by atoms with Gasteiger partial charge in [0.1, 0.15) is 6.04 Å². The maximum absolute atomic E-state index is 12.0. The van der Waals surface area contributed by atoms with Crippen LogP contribution in [0, 0.1) is 0 Å². The predicted molar refractivity (Wildman–Crippen MR) is 74.6 cm³/mol. The van der Waals surface area contributed by atoms with Crippen LogP contribution in [0.15, 0.2) is 30.3 Å². The fourth-order valence-electron chi connectivity index (χ4n) is 1.43. The van der Waals surface area contributed by atoms with Gasteiger partial charge in [-0.05, 0) is 30.6 Å². The Kier molecular flexibility index (Phi) is 6.07. The highest BCUT2D eigenvalue weighted by atomic mass is 32.2. The monoisotopic (exact) mass is 267 g/mol. The van der Waals surface area contributed by atoms with Crippen molar-refractivity contribution in [3.63, 3.8) is 0 Å². The third-order valence-corrected chi connectivity index (χ3v) is 2.93. The quantitative estimate of drug-likeness (QED) is 0.728. The van der Waals surface area contributed by atoms with Crippen LogP contribution in [0.1, 0.15) is 6.42 Å². The summed E-state index contributed by atoms with van der Waals surface area (Å²) >= 11 is 1.61. The molecule has 0 unspecified atom stereocenters. The topological polar surface area (TPSA) is 84.2 Å². The van der Waals surface area contributed by atoms with Crippen molar-refractivity contribution in [2.75, 3.05) is 17.3 Å². The Morgan fingerprint density at radius 3 is 2.56 bits per heavy atom. The lowest BCUT2D eigenvalue weighted by Crippen LogP contribution is -2.46. The van der Waals surface area contributed by atoms with E-state index in [1.165, 1.54) is 0 Å². The molecule has 1 atom stereocenters. The lowest BCUT2D eigenvalue weighted by Gasteiger charge is -2.16. The average Bonchev–Trinajstić information content (AvgIpc) is 2.35. The normalized spacial score (nSPS) is 11.6. The first-order valence-electron chi connectivity index (χ1n) is 5.54. The Bertz CT molecular complexity index is 398. The van der Waals surface area contributed by atoms with Crippen LogP contribution in [-0.2, 0) is 4.79 Å². The van der Waals surface area contributed by atoms with Gasteiger partial charge in [-0.25, -0.2) is 4.79 Å². The summed E-state index contributed by atoms with van der Waals surface area (Å²) in [6.07, 6.45) is 2.49. The molecular formula is C12H17N3O2S. The van der Waals surface area contributed by atoms with Crippen molar-refractivity contribution in [1.29, 1.82) is 0 Å². The van der Waals surface area contributed by atoms with Crippen LogP contribution >= 0.6 is 11.8 Å². The zero-order chi connectivity index (χ0) is 13.4. The molecule has 0 saturated heterocycles. The SMILES string of the molecule is CSCC[C@@H](NC(N)=O)C(=O)Nc1ccccc1. The summed E-state index contributed by atoms with van der Waals surface area (Å²) in [7, 11) is 0. The van der Waals surface area contributed by atoms with Crippen molar-refractivity contribution in [2.45, 2.75) is 12.5 Å². The molecule has 98 valence electrons. The third kappa shape index (κ3) is 5.09. The van der Waals surface area contributed by atoms with E-state index in [1.807, 2.05) is 24.5 Å². The van der Waals surface area contributed by atoms with E-state index >= 15 is 0 Å². The van der Waals surface area contributed by atoms with Gasteiger partial charge >= 0.3 is 6.03 Å². The number of primary amides is 1. The Morgan fingerprint density at radius 1 is 1.33 bits per heavy atom. The van der Waals surface area contributed by atoms with Crippen LogP contribution in [0.5, 0.6) is 0 Å². The summed E-state index contributed by atoms with van der Waals surface area (Å²) in [6, 6.07) is 7.80. The molecule has 0 fully saturated rings. The molecule has 5 nitrogen and oxygen atoms in total. The second kappa shape index (κ2) is 7.60. The van der Waals surface area contributed by atoms with Crippen LogP contribution in [0.2, 0.25) is 0 Å². The van der Waals surface area contributed by atoms with Gasteiger partial charge in [0.05, 0.1) is 0 Å². The van der Waals surface area contributed by atoms with E-state index in [0.29, 0.717) is 12.1 Å². The molecule has 1 aromatic rings. The van der Waals surface area contributed by atoms with E-state index in [0.717, 1.165) is 5.75 Å². The van der Waals surface area contributed by atoms with E-state index in [9.17, 15) is 9.59 Å². The summed E-state index contributed by atoms with van der Waals surface area (Å²) < 4.78 is 0. The molecule has 0 aromatic heterocycles. The number of para-hydroxylation sites is 1. The van der Waals surface area contributed by atoms with Crippen LogP contribution < -0.4 is 16.4 Å². The highest BCUT2D eigenvalue weighted by Crippen LogP contribution is 2.08. The van der Waals surface area contributed by atoms with Crippen molar-refractivity contribution < 1.29 is 9.59 Å². The standard InChI is InChI=1S/C12H17N3O2S/c1-18-8-7-10(15-12(13)17)11(16)14-9-5-3-2-4-6-9/h2-6,10H,7-8H2,1H3,(H,14,16)(H3,13,15,17)/t10-/m1/s1. The van der Waals surface area contributed by atoms with Gasteiger partial charge in [-0.2, -0.15) is 11.8 Å². The number of nitrogens with one attached hydrogen (secondary N) is 2. The summed E-state index contributed by atoms with van der Waals surface area (Å²) in [5, 5.41) is 5.19. The van der Waals surface area contributed by atoms with Crippen molar-refractivity contribution in [1.82, 2.24) is 5.32 Å². The lowest BCUT2D eigenvalue weighted by atomic mass is 10.2. The molecule has 0 bridgehead atoms. The molecular weight excluding hydrogens is 250 g/mol. The maximum Gasteiger partial charge on any atom is 0.312 e. The molecule has 0 aliphatic heterocycles. The molecule has 0 spiro atoms. The molecule has 4 N–H and O–H groups in total. The van der Waals surface area contributed by atoms with E-state index in [2.05, 4.69) is 10.6 Å². The van der Waals surface area contributed by atoms with E-state index < -0.39 is 12.1 Å². The van der Waals surface area contributed by atoms with Gasteiger partial charge in [0.15, 0.2) is 0 Å². The summed E-state index contributed by atoms with van der Waals surface area (Å²) in [5.41, 5.74) is 5.76. The van der Waals surface area contributed by atoms with Crippen LogP contribution in [0.25, 0.3) is 0 Å². The molecule has 18 heavy (non-hydrogen) atoms. The smallest absolute Gasteiger partial charge is 0.312 e. The highest BCUT2D eigenvalue weighted by molar-refractivity contribution is 7.98. The zero-order valence-corrected chi connectivity index (χ0v) is 11.0. The minimum Gasteiger partial charge on any atom is -0.352 e. The Morgan fingerprint density at radius 2 is 2.00 bits per heavy atom. The first kappa shape index (κ1) is 14.4. The number of benzene rings is 1. The molecule has 0 aliphatic rings. The van der Waals surface area contributed by atoms with E-state index in [4.69, 9.17) is 5.73 Å². The second-order valence-corrected chi connectivity index (χ2v) is 4.68. The van der Waals surface area contributed by atoms with Crippen molar-refractivity contribution in [2.24, 2.45) is 5.73 Å². The summed E-state index contributed by atoms with van der Waals surface area (Å²) in [5.74, 6) is 0.515.